The molecule has 0 radical (unpaired) electrons. The fraction of sp³-hybridized carbons (Fsp3) is 0.727. The number of esters is 1. The van der Waals surface area contributed by atoms with Gasteiger partial charge in [0.1, 0.15) is 5.60 Å². The molecule has 0 bridgehead atoms. The molecule has 1 aliphatic heterocycles. The third-order valence-corrected chi connectivity index (χ3v) is 8.85. The highest BCUT2D eigenvalue weighted by Crippen LogP contribution is 2.68. The molecule has 1 spiro atoms. The van der Waals surface area contributed by atoms with Crippen molar-refractivity contribution < 1.29 is 14.3 Å². The van der Waals surface area contributed by atoms with Crippen LogP contribution in [0.2, 0.25) is 0 Å². The van der Waals surface area contributed by atoms with Crippen LogP contribution in [0, 0.1) is 28.6 Å². The van der Waals surface area contributed by atoms with Gasteiger partial charge in [0.25, 0.3) is 0 Å². The second kappa shape index (κ2) is 7.73. The summed E-state index contributed by atoms with van der Waals surface area (Å²) >= 11 is 0. The van der Waals surface area contributed by atoms with Crippen LogP contribution in [-0.4, -0.2) is 17.4 Å². The van der Waals surface area contributed by atoms with Crippen molar-refractivity contribution in [2.24, 2.45) is 28.6 Å². The second-order valence-corrected chi connectivity index (χ2v) is 9.60. The maximum atomic E-state index is 11.9. The van der Waals surface area contributed by atoms with Crippen LogP contribution in [0.25, 0.3) is 0 Å². The zero-order chi connectivity index (χ0) is 17.4. The Balaban J connectivity index is 0.000000934. The van der Waals surface area contributed by atoms with Gasteiger partial charge in [0.15, 0.2) is 5.78 Å². The standard InChI is InChI=1S/C22H28O3.3H2S/c1-20-9-5-15(23)13-14(20)3-4-16-17(20)6-10-21(2)18(16)7-11-22(21)12-8-19(24)25-22;;;/h3-4,13,16-18H,5-12H2,1-2H3;3*1H2/t16-,17?,18?,20+,21+,22-;;;/m1.../s1. The molecular weight excluding hydrogens is 408 g/mol. The first-order valence-electron chi connectivity index (χ1n) is 10.0. The number of ether oxygens (including phenoxy) is 1. The van der Waals surface area contributed by atoms with E-state index in [1.54, 1.807) is 0 Å². The minimum absolute atomic E-state index is 0. The van der Waals surface area contributed by atoms with Crippen LogP contribution in [0.3, 0.4) is 0 Å². The lowest BCUT2D eigenvalue weighted by molar-refractivity contribution is -0.165. The number of hydrogen-bond acceptors (Lipinski definition) is 3. The normalized spacial score (nSPS) is 45.5. The van der Waals surface area contributed by atoms with Gasteiger partial charge in [0.2, 0.25) is 0 Å². The van der Waals surface area contributed by atoms with Crippen LogP contribution < -0.4 is 0 Å². The highest BCUT2D eigenvalue weighted by molar-refractivity contribution is 7.59. The zero-order valence-corrected chi connectivity index (χ0v) is 19.8. The van der Waals surface area contributed by atoms with Crippen molar-refractivity contribution in [2.45, 2.75) is 70.8 Å². The molecule has 0 aromatic carbocycles. The van der Waals surface area contributed by atoms with Gasteiger partial charge in [-0.15, -0.1) is 0 Å². The molecule has 28 heavy (non-hydrogen) atoms. The van der Waals surface area contributed by atoms with E-state index < -0.39 is 0 Å². The van der Waals surface area contributed by atoms with Crippen LogP contribution in [0.4, 0.5) is 0 Å². The maximum Gasteiger partial charge on any atom is 0.306 e. The van der Waals surface area contributed by atoms with Crippen molar-refractivity contribution in [1.82, 2.24) is 0 Å². The molecule has 2 saturated carbocycles. The summed E-state index contributed by atoms with van der Waals surface area (Å²) in [7, 11) is 0. The molecule has 0 amide bonds. The van der Waals surface area contributed by atoms with E-state index in [1.165, 1.54) is 18.4 Å². The van der Waals surface area contributed by atoms with Gasteiger partial charge < -0.3 is 4.74 Å². The Bertz CT molecular complexity index is 733. The van der Waals surface area contributed by atoms with Crippen molar-refractivity contribution in [1.29, 1.82) is 0 Å². The van der Waals surface area contributed by atoms with Gasteiger partial charge in [-0.1, -0.05) is 26.0 Å². The molecule has 1 heterocycles. The lowest BCUT2D eigenvalue weighted by Crippen LogP contribution is -2.53. The highest BCUT2D eigenvalue weighted by atomic mass is 32.1. The smallest absolute Gasteiger partial charge is 0.306 e. The first kappa shape index (κ1) is 23.9. The molecule has 3 nitrogen and oxygen atoms in total. The number of carbonyl (C=O) groups is 2. The van der Waals surface area contributed by atoms with Gasteiger partial charge in [-0.2, -0.15) is 40.5 Å². The molecule has 0 aromatic rings. The molecule has 6 heteroatoms. The molecule has 4 aliphatic carbocycles. The largest absolute Gasteiger partial charge is 0.458 e. The summed E-state index contributed by atoms with van der Waals surface area (Å²) in [6.45, 7) is 4.78. The number of rotatable bonds is 0. The third-order valence-electron chi connectivity index (χ3n) is 8.85. The van der Waals surface area contributed by atoms with Gasteiger partial charge >= 0.3 is 5.97 Å². The van der Waals surface area contributed by atoms with Crippen molar-refractivity contribution in [3.8, 4) is 0 Å². The Hall–Kier alpha value is -0.330. The summed E-state index contributed by atoms with van der Waals surface area (Å²) in [6.07, 6.45) is 14.3. The fourth-order valence-electron chi connectivity index (χ4n) is 7.29. The SMILES string of the molecule is C[C@]12CCC(=O)C=C1C=C[C@@H]1C2CC[C@@]2(C)C1CC[C@@]21CCC(=O)O1.S.S.S. The minimum Gasteiger partial charge on any atom is -0.458 e. The Morgan fingerprint density at radius 3 is 2.32 bits per heavy atom. The fourth-order valence-corrected chi connectivity index (χ4v) is 7.29. The number of allylic oxidation sites excluding steroid dienone is 4. The summed E-state index contributed by atoms with van der Waals surface area (Å²) in [4.78, 5) is 23.8. The van der Waals surface area contributed by atoms with Crippen LogP contribution >= 0.6 is 40.5 Å². The number of carbonyl (C=O) groups excluding carboxylic acids is 2. The van der Waals surface area contributed by atoms with Crippen LogP contribution in [0.15, 0.2) is 23.8 Å². The van der Waals surface area contributed by atoms with E-state index in [9.17, 15) is 9.59 Å². The van der Waals surface area contributed by atoms with Gasteiger partial charge in [-0.3, -0.25) is 9.59 Å². The van der Waals surface area contributed by atoms with E-state index >= 15 is 0 Å². The molecule has 2 unspecified atom stereocenters. The summed E-state index contributed by atoms with van der Waals surface area (Å²) in [5, 5.41) is 0. The Morgan fingerprint density at radius 2 is 1.64 bits per heavy atom. The van der Waals surface area contributed by atoms with Crippen molar-refractivity contribution >= 4 is 52.2 Å². The topological polar surface area (TPSA) is 43.4 Å². The number of fused-ring (bicyclic) bond motifs is 6. The molecule has 6 atom stereocenters. The van der Waals surface area contributed by atoms with E-state index in [1.807, 2.05) is 6.08 Å². The summed E-state index contributed by atoms with van der Waals surface area (Å²) in [5.41, 5.74) is 1.32. The molecule has 5 rings (SSSR count). The lowest BCUT2D eigenvalue weighted by Gasteiger charge is -2.57. The Kier molecular flexibility index (Phi) is 6.61. The summed E-state index contributed by atoms with van der Waals surface area (Å²) < 4.78 is 5.99. The van der Waals surface area contributed by atoms with Crippen molar-refractivity contribution in [2.75, 3.05) is 0 Å². The predicted octanol–water partition coefficient (Wildman–Crippen LogP) is 4.71. The molecular formula is C22H34O3S3. The van der Waals surface area contributed by atoms with E-state index in [0.29, 0.717) is 30.6 Å². The number of hydrogen-bond donors (Lipinski definition) is 0. The zero-order valence-electron chi connectivity index (χ0n) is 16.8. The third kappa shape index (κ3) is 2.96. The first-order valence-corrected chi connectivity index (χ1v) is 10.0. The monoisotopic (exact) mass is 442 g/mol. The second-order valence-electron chi connectivity index (χ2n) is 9.60. The predicted molar refractivity (Wildman–Crippen MR) is 126 cm³/mol. The molecule has 5 aliphatic rings. The van der Waals surface area contributed by atoms with Crippen LogP contribution in [0.5, 0.6) is 0 Å². The molecule has 0 aromatic heterocycles. The highest BCUT2D eigenvalue weighted by Gasteiger charge is 2.66. The average molecular weight is 443 g/mol. The molecule has 1 saturated heterocycles. The van der Waals surface area contributed by atoms with Crippen LogP contribution in [-0.2, 0) is 14.3 Å². The molecule has 158 valence electrons. The van der Waals surface area contributed by atoms with Crippen molar-refractivity contribution in [3.63, 3.8) is 0 Å². The van der Waals surface area contributed by atoms with Gasteiger partial charge in [-0.05, 0) is 73.3 Å². The van der Waals surface area contributed by atoms with E-state index in [0.717, 1.165) is 25.7 Å². The first-order chi connectivity index (χ1) is 11.9. The van der Waals surface area contributed by atoms with E-state index in [-0.39, 0.29) is 68.7 Å². The van der Waals surface area contributed by atoms with E-state index in [2.05, 4.69) is 26.0 Å². The van der Waals surface area contributed by atoms with E-state index in [4.69, 9.17) is 4.74 Å². The lowest BCUT2D eigenvalue weighted by atomic mass is 9.48. The van der Waals surface area contributed by atoms with Crippen molar-refractivity contribution in [3.05, 3.63) is 23.8 Å². The Labute approximate surface area is 189 Å². The summed E-state index contributed by atoms with van der Waals surface area (Å²) in [5.74, 6) is 2.08. The Morgan fingerprint density at radius 1 is 0.929 bits per heavy atom. The minimum atomic E-state index is -0.201. The van der Waals surface area contributed by atoms with Gasteiger partial charge in [-0.25, -0.2) is 0 Å². The van der Waals surface area contributed by atoms with Gasteiger partial charge in [0.05, 0.1) is 0 Å². The quantitative estimate of drug-likeness (QED) is 0.510. The maximum absolute atomic E-state index is 11.9. The summed E-state index contributed by atoms with van der Waals surface area (Å²) in [6, 6.07) is 0. The number of ketones is 1. The van der Waals surface area contributed by atoms with Crippen LogP contribution in [0.1, 0.15) is 65.2 Å². The molecule has 0 N–H and O–H groups in total. The molecule has 3 fully saturated rings. The average Bonchev–Trinajstić information content (AvgIpc) is 3.10. The van der Waals surface area contributed by atoms with Gasteiger partial charge in [0, 0.05) is 18.3 Å².